The van der Waals surface area contributed by atoms with Gasteiger partial charge in [0.25, 0.3) is 5.92 Å². The number of hydrogen-bond donors (Lipinski definition) is 2. The predicted octanol–water partition coefficient (Wildman–Crippen LogP) is 2.12. The normalized spacial score (nSPS) is 11.2. The monoisotopic (exact) mass is 229 g/mol. The molecule has 16 heavy (non-hydrogen) atoms. The molecule has 2 N–H and O–H groups in total. The van der Waals surface area contributed by atoms with Gasteiger partial charge in [-0.1, -0.05) is 12.1 Å². The molecule has 0 unspecified atom stereocenters. The molecule has 0 aromatic heterocycles. The zero-order valence-corrected chi connectivity index (χ0v) is 8.84. The second-order valence-electron chi connectivity index (χ2n) is 3.44. The van der Waals surface area contributed by atoms with E-state index in [0.29, 0.717) is 5.69 Å². The van der Waals surface area contributed by atoms with E-state index in [1.54, 1.807) is 0 Å². The molecule has 0 aliphatic rings. The number of hydrogen-bond acceptors (Lipinski definition) is 2. The summed E-state index contributed by atoms with van der Waals surface area (Å²) >= 11 is 0. The van der Waals surface area contributed by atoms with Crippen molar-refractivity contribution in [3.63, 3.8) is 0 Å². The number of alkyl halides is 2. The van der Waals surface area contributed by atoms with Crippen LogP contribution in [-0.4, -0.2) is 17.6 Å². The molecule has 1 rings (SSSR count). The molecule has 1 amide bonds. The first-order valence-corrected chi connectivity index (χ1v) is 4.82. The minimum Gasteiger partial charge on any atom is -0.396 e. The molecule has 0 spiro atoms. The maximum Gasteiger partial charge on any atom is 0.275 e. The summed E-state index contributed by atoms with van der Waals surface area (Å²) in [7, 11) is 0. The molecule has 5 heteroatoms. The van der Waals surface area contributed by atoms with E-state index in [2.05, 4.69) is 5.32 Å². The Bertz CT molecular complexity index is 380. The molecule has 0 heterocycles. The second kappa shape index (κ2) is 5.03. The van der Waals surface area contributed by atoms with Gasteiger partial charge in [-0.3, -0.25) is 4.79 Å². The van der Waals surface area contributed by atoms with Gasteiger partial charge in [0.2, 0.25) is 5.91 Å². The first kappa shape index (κ1) is 12.6. The molecule has 0 saturated carbocycles. The fraction of sp³-hybridized carbons (Fsp3) is 0.364. The van der Waals surface area contributed by atoms with Crippen molar-refractivity contribution < 1.29 is 18.7 Å². The summed E-state index contributed by atoms with van der Waals surface area (Å²) < 4.78 is 26.8. The van der Waals surface area contributed by atoms with Crippen LogP contribution in [0.15, 0.2) is 24.3 Å². The highest BCUT2D eigenvalue weighted by atomic mass is 19.3. The van der Waals surface area contributed by atoms with Crippen LogP contribution >= 0.6 is 0 Å². The molecule has 1 aromatic carbocycles. The van der Waals surface area contributed by atoms with Crippen molar-refractivity contribution >= 4 is 11.6 Å². The van der Waals surface area contributed by atoms with Gasteiger partial charge in [0.05, 0.1) is 0 Å². The Labute approximate surface area is 92.1 Å². The Morgan fingerprint density at radius 2 is 2.19 bits per heavy atom. The van der Waals surface area contributed by atoms with E-state index < -0.39 is 19.0 Å². The second-order valence-corrected chi connectivity index (χ2v) is 3.44. The van der Waals surface area contributed by atoms with Gasteiger partial charge in [-0.15, -0.1) is 0 Å². The average molecular weight is 229 g/mol. The van der Waals surface area contributed by atoms with Crippen molar-refractivity contribution in [1.29, 1.82) is 0 Å². The van der Waals surface area contributed by atoms with Gasteiger partial charge in [0.1, 0.15) is 0 Å². The number of halogens is 2. The summed E-state index contributed by atoms with van der Waals surface area (Å²) in [6.07, 6.45) is -0.628. The third-order valence-electron chi connectivity index (χ3n) is 2.03. The first-order chi connectivity index (χ1) is 7.45. The minimum absolute atomic E-state index is 0.215. The van der Waals surface area contributed by atoms with E-state index in [9.17, 15) is 13.6 Å². The van der Waals surface area contributed by atoms with E-state index in [4.69, 9.17) is 5.11 Å². The number of nitrogens with one attached hydrogen (secondary N) is 1. The first-order valence-electron chi connectivity index (χ1n) is 4.82. The molecule has 0 aliphatic carbocycles. The minimum atomic E-state index is -3.08. The Balaban J connectivity index is 2.93. The van der Waals surface area contributed by atoms with Gasteiger partial charge in [0, 0.05) is 31.2 Å². The summed E-state index contributed by atoms with van der Waals surface area (Å²) in [5.74, 6) is -3.40. The van der Waals surface area contributed by atoms with Crippen molar-refractivity contribution in [3.05, 3.63) is 29.8 Å². The number of benzene rings is 1. The van der Waals surface area contributed by atoms with Gasteiger partial charge in [0.15, 0.2) is 0 Å². The lowest BCUT2D eigenvalue weighted by Crippen LogP contribution is -2.16. The van der Waals surface area contributed by atoms with E-state index in [0.717, 1.165) is 0 Å². The van der Waals surface area contributed by atoms with Crippen molar-refractivity contribution in [1.82, 2.24) is 0 Å². The topological polar surface area (TPSA) is 49.3 Å². The summed E-state index contributed by atoms with van der Waals surface area (Å²) in [6, 6.07) is 5.43. The largest absolute Gasteiger partial charge is 0.396 e. The zero-order chi connectivity index (χ0) is 12.2. The van der Waals surface area contributed by atoms with Gasteiger partial charge in [-0.2, -0.15) is 0 Å². The van der Waals surface area contributed by atoms with Crippen LogP contribution in [0.1, 0.15) is 18.9 Å². The Morgan fingerprint density at radius 3 is 2.75 bits per heavy atom. The maximum absolute atomic E-state index is 13.4. The molecule has 88 valence electrons. The molecule has 0 atom stereocenters. The number of aliphatic hydroxyl groups is 1. The summed E-state index contributed by atoms with van der Waals surface area (Å²) in [4.78, 5) is 10.8. The van der Waals surface area contributed by atoms with Crippen LogP contribution in [0.3, 0.4) is 0 Å². The number of amides is 1. The van der Waals surface area contributed by atoms with E-state index in [1.165, 1.54) is 31.2 Å². The van der Waals surface area contributed by atoms with E-state index >= 15 is 0 Å². The summed E-state index contributed by atoms with van der Waals surface area (Å²) in [6.45, 7) is 0.718. The standard InChI is InChI=1S/C11H13F2NO2/c1-8(16)14-10-4-2-3-9(7-10)11(12,13)5-6-15/h2-4,7,15H,5-6H2,1H3,(H,14,16). The summed E-state index contributed by atoms with van der Waals surface area (Å²) in [5.41, 5.74) is 0.107. The third-order valence-corrected chi connectivity index (χ3v) is 2.03. The number of aliphatic hydroxyl groups excluding tert-OH is 1. The lowest BCUT2D eigenvalue weighted by atomic mass is 10.1. The van der Waals surface area contributed by atoms with Crippen LogP contribution in [0, 0.1) is 0 Å². The Morgan fingerprint density at radius 1 is 1.50 bits per heavy atom. The zero-order valence-electron chi connectivity index (χ0n) is 8.84. The maximum atomic E-state index is 13.4. The van der Waals surface area contributed by atoms with E-state index in [-0.39, 0.29) is 11.5 Å². The SMILES string of the molecule is CC(=O)Nc1cccc(C(F)(F)CCO)c1. The van der Waals surface area contributed by atoms with Gasteiger partial charge in [-0.05, 0) is 12.1 Å². The highest BCUT2D eigenvalue weighted by molar-refractivity contribution is 5.88. The summed E-state index contributed by atoms with van der Waals surface area (Å²) in [5, 5.41) is 11.0. The molecule has 1 aromatic rings. The third kappa shape index (κ3) is 3.27. The average Bonchev–Trinajstić information content (AvgIpc) is 2.17. The van der Waals surface area contributed by atoms with Gasteiger partial charge >= 0.3 is 0 Å². The molecule has 0 fully saturated rings. The molecule has 0 radical (unpaired) electrons. The van der Waals surface area contributed by atoms with Crippen molar-refractivity contribution in [3.8, 4) is 0 Å². The number of rotatable bonds is 4. The molecular formula is C11H13F2NO2. The molecule has 0 aliphatic heterocycles. The fourth-order valence-corrected chi connectivity index (χ4v) is 1.31. The molecule has 0 saturated heterocycles. The van der Waals surface area contributed by atoms with Crippen LogP contribution < -0.4 is 5.32 Å². The smallest absolute Gasteiger partial charge is 0.275 e. The van der Waals surface area contributed by atoms with Crippen molar-refractivity contribution in [2.24, 2.45) is 0 Å². The number of anilines is 1. The highest BCUT2D eigenvalue weighted by Gasteiger charge is 2.30. The van der Waals surface area contributed by atoms with Crippen LogP contribution in [0.5, 0.6) is 0 Å². The molecule has 0 bridgehead atoms. The van der Waals surface area contributed by atoms with Crippen LogP contribution in [0.2, 0.25) is 0 Å². The van der Waals surface area contributed by atoms with Crippen LogP contribution in [0.25, 0.3) is 0 Å². The fourth-order valence-electron chi connectivity index (χ4n) is 1.31. The molecule has 3 nitrogen and oxygen atoms in total. The van der Waals surface area contributed by atoms with E-state index in [1.807, 2.05) is 0 Å². The highest BCUT2D eigenvalue weighted by Crippen LogP contribution is 2.32. The quantitative estimate of drug-likeness (QED) is 0.830. The van der Waals surface area contributed by atoms with Crippen LogP contribution in [0.4, 0.5) is 14.5 Å². The van der Waals surface area contributed by atoms with Crippen LogP contribution in [-0.2, 0) is 10.7 Å². The van der Waals surface area contributed by atoms with Crippen molar-refractivity contribution in [2.75, 3.05) is 11.9 Å². The predicted molar refractivity (Wildman–Crippen MR) is 56.3 cm³/mol. The number of carbonyl (C=O) groups is 1. The lowest BCUT2D eigenvalue weighted by molar-refractivity contribution is -0.114. The lowest BCUT2D eigenvalue weighted by Gasteiger charge is -2.16. The Hall–Kier alpha value is -1.49. The van der Waals surface area contributed by atoms with Crippen molar-refractivity contribution in [2.45, 2.75) is 19.3 Å². The molecular weight excluding hydrogens is 216 g/mol. The van der Waals surface area contributed by atoms with Gasteiger partial charge < -0.3 is 10.4 Å². The Kier molecular flexibility index (Phi) is 3.95. The van der Waals surface area contributed by atoms with Gasteiger partial charge in [-0.25, -0.2) is 8.78 Å². The number of carbonyl (C=O) groups excluding carboxylic acids is 1.